The molecule has 3 rings (SSSR count). The molecule has 1 saturated heterocycles. The number of carbonyl (C=O) groups is 2. The van der Waals surface area contributed by atoms with E-state index in [1.165, 1.54) is 6.07 Å². The van der Waals surface area contributed by atoms with Crippen LogP contribution in [0, 0.1) is 17.6 Å². The van der Waals surface area contributed by atoms with Crippen molar-refractivity contribution in [3.63, 3.8) is 0 Å². The number of piperidine rings is 1. The Kier molecular flexibility index (Phi) is 5.57. The number of rotatable bonds is 4. The lowest BCUT2D eigenvalue weighted by Gasteiger charge is -2.42. The number of carbonyl (C=O) groups excluding carboxylic acids is 2. The molecule has 1 fully saturated rings. The zero-order valence-electron chi connectivity index (χ0n) is 15.3. The minimum atomic E-state index is -0.726. The van der Waals surface area contributed by atoms with Crippen LogP contribution in [-0.4, -0.2) is 30.6 Å². The minimum Gasteiger partial charge on any atom is -0.349 e. The summed E-state index contributed by atoms with van der Waals surface area (Å²) in [6.45, 7) is 4.16. The van der Waals surface area contributed by atoms with Gasteiger partial charge in [0.05, 0.1) is 18.6 Å². The van der Waals surface area contributed by atoms with Crippen molar-refractivity contribution in [1.82, 2.24) is 16.0 Å². The first kappa shape index (κ1) is 19.4. The van der Waals surface area contributed by atoms with Gasteiger partial charge < -0.3 is 21.7 Å². The summed E-state index contributed by atoms with van der Waals surface area (Å²) < 4.78 is 26.9. The first-order valence-corrected chi connectivity index (χ1v) is 9.01. The average Bonchev–Trinajstić information content (AvgIpc) is 2.58. The van der Waals surface area contributed by atoms with Gasteiger partial charge in [-0.15, -0.1) is 0 Å². The van der Waals surface area contributed by atoms with Crippen LogP contribution < -0.4 is 21.7 Å². The van der Waals surface area contributed by atoms with Crippen LogP contribution >= 0.6 is 0 Å². The lowest BCUT2D eigenvalue weighted by Crippen LogP contribution is -2.61. The second kappa shape index (κ2) is 7.74. The normalized spacial score (nSPS) is 26.3. The molecule has 2 heterocycles. The van der Waals surface area contributed by atoms with Crippen molar-refractivity contribution in [3.05, 3.63) is 46.5 Å². The largest absolute Gasteiger partial charge is 0.349 e. The summed E-state index contributed by atoms with van der Waals surface area (Å²) in [5, 5.41) is 8.79. The van der Waals surface area contributed by atoms with E-state index < -0.39 is 23.6 Å². The molecule has 6 nitrogen and oxygen atoms in total. The van der Waals surface area contributed by atoms with E-state index in [4.69, 9.17) is 5.73 Å². The molecule has 0 aliphatic carbocycles. The molecule has 2 aliphatic heterocycles. The molecule has 27 heavy (non-hydrogen) atoms. The number of nitrogens with one attached hydrogen (secondary N) is 3. The highest BCUT2D eigenvalue weighted by atomic mass is 19.1. The molecule has 3 unspecified atom stereocenters. The molecule has 4 atom stereocenters. The number of amides is 2. The number of halogens is 2. The SMILES string of the molecule is CC1=C(CC(=O)N[C@@H](C)c2ccc(F)cc2F)C(=O)NC2CCNC(N)C12. The maximum Gasteiger partial charge on any atom is 0.247 e. The Labute approximate surface area is 156 Å². The molecule has 0 bridgehead atoms. The molecule has 8 heteroatoms. The second-order valence-electron chi connectivity index (χ2n) is 7.17. The summed E-state index contributed by atoms with van der Waals surface area (Å²) >= 11 is 0. The molecule has 146 valence electrons. The Bertz CT molecular complexity index is 796. The lowest BCUT2D eigenvalue weighted by atomic mass is 9.79. The first-order chi connectivity index (χ1) is 12.8. The third-order valence-electron chi connectivity index (χ3n) is 5.37. The van der Waals surface area contributed by atoms with Crippen LogP contribution in [0.4, 0.5) is 8.78 Å². The van der Waals surface area contributed by atoms with Crippen LogP contribution in [0.2, 0.25) is 0 Å². The van der Waals surface area contributed by atoms with Crippen LogP contribution in [0.25, 0.3) is 0 Å². The molecular formula is C19H24F2N4O2. The summed E-state index contributed by atoms with van der Waals surface area (Å²) in [6, 6.07) is 2.52. The average molecular weight is 378 g/mol. The fourth-order valence-electron chi connectivity index (χ4n) is 3.93. The number of hydrogen-bond donors (Lipinski definition) is 4. The van der Waals surface area contributed by atoms with Crippen LogP contribution in [0.15, 0.2) is 29.3 Å². The van der Waals surface area contributed by atoms with Crippen LogP contribution in [0.1, 0.15) is 38.3 Å². The van der Waals surface area contributed by atoms with Gasteiger partial charge in [-0.05, 0) is 32.9 Å². The molecular weight excluding hydrogens is 354 g/mol. The maximum absolute atomic E-state index is 13.9. The Morgan fingerprint density at radius 2 is 2.15 bits per heavy atom. The van der Waals surface area contributed by atoms with E-state index in [1.54, 1.807) is 6.92 Å². The first-order valence-electron chi connectivity index (χ1n) is 9.01. The van der Waals surface area contributed by atoms with Gasteiger partial charge in [-0.3, -0.25) is 9.59 Å². The maximum atomic E-state index is 13.9. The smallest absolute Gasteiger partial charge is 0.247 e. The summed E-state index contributed by atoms with van der Waals surface area (Å²) in [4.78, 5) is 24.9. The topological polar surface area (TPSA) is 96.2 Å². The molecule has 2 aliphatic rings. The predicted octanol–water partition coefficient (Wildman–Crippen LogP) is 1.24. The van der Waals surface area contributed by atoms with Crippen molar-refractivity contribution in [3.8, 4) is 0 Å². The predicted molar refractivity (Wildman–Crippen MR) is 96.2 cm³/mol. The monoisotopic (exact) mass is 378 g/mol. The molecule has 1 aromatic carbocycles. The highest BCUT2D eigenvalue weighted by molar-refractivity contribution is 6.00. The van der Waals surface area contributed by atoms with Gasteiger partial charge in [-0.1, -0.05) is 11.6 Å². The summed E-state index contributed by atoms with van der Waals surface area (Å²) in [6.07, 6.45) is 0.373. The zero-order chi connectivity index (χ0) is 19.7. The van der Waals surface area contributed by atoms with Gasteiger partial charge in [-0.25, -0.2) is 8.78 Å². The Hall–Kier alpha value is -2.32. The molecule has 0 radical (unpaired) electrons. The van der Waals surface area contributed by atoms with Crippen molar-refractivity contribution in [2.24, 2.45) is 11.7 Å². The Morgan fingerprint density at radius 1 is 1.41 bits per heavy atom. The van der Waals surface area contributed by atoms with Gasteiger partial charge in [0.2, 0.25) is 11.8 Å². The Balaban J connectivity index is 1.72. The molecule has 0 aromatic heterocycles. The summed E-state index contributed by atoms with van der Waals surface area (Å²) in [7, 11) is 0. The number of hydrogen-bond acceptors (Lipinski definition) is 4. The molecule has 0 spiro atoms. The number of nitrogens with two attached hydrogens (primary N) is 1. The van der Waals surface area contributed by atoms with Crippen molar-refractivity contribution in [1.29, 1.82) is 0 Å². The molecule has 5 N–H and O–H groups in total. The van der Waals surface area contributed by atoms with Gasteiger partial charge in [0.1, 0.15) is 11.6 Å². The van der Waals surface area contributed by atoms with Crippen molar-refractivity contribution < 1.29 is 18.4 Å². The van der Waals surface area contributed by atoms with Crippen molar-refractivity contribution in [2.75, 3.05) is 6.54 Å². The highest BCUT2D eigenvalue weighted by Gasteiger charge is 2.39. The van der Waals surface area contributed by atoms with Crippen molar-refractivity contribution >= 4 is 11.8 Å². The van der Waals surface area contributed by atoms with E-state index >= 15 is 0 Å². The molecule has 0 saturated carbocycles. The lowest BCUT2D eigenvalue weighted by molar-refractivity contribution is -0.124. The summed E-state index contributed by atoms with van der Waals surface area (Å²) in [5.74, 6) is -2.14. The standard InChI is InChI=1S/C19H24F2N4O2/c1-9-13(19(27)25-15-5-6-23-18(22)17(9)15)8-16(26)24-10(2)12-4-3-11(20)7-14(12)21/h3-4,7,10,15,17-18,23H,5-6,8,22H2,1-2H3,(H,24,26)(H,25,27)/t10-,15?,17?,18?/m0/s1. The van der Waals surface area contributed by atoms with Gasteiger partial charge in [-0.2, -0.15) is 0 Å². The Morgan fingerprint density at radius 3 is 2.85 bits per heavy atom. The van der Waals surface area contributed by atoms with Crippen LogP contribution in [-0.2, 0) is 9.59 Å². The van der Waals surface area contributed by atoms with E-state index in [2.05, 4.69) is 16.0 Å². The third-order valence-corrected chi connectivity index (χ3v) is 5.37. The van der Waals surface area contributed by atoms with Gasteiger partial charge in [0, 0.05) is 29.2 Å². The van der Waals surface area contributed by atoms with Crippen molar-refractivity contribution in [2.45, 2.75) is 44.9 Å². The van der Waals surface area contributed by atoms with Crippen LogP contribution in [0.5, 0.6) is 0 Å². The van der Waals surface area contributed by atoms with Gasteiger partial charge in [0.25, 0.3) is 0 Å². The fourth-order valence-corrected chi connectivity index (χ4v) is 3.93. The zero-order valence-corrected chi connectivity index (χ0v) is 15.3. The fraction of sp³-hybridized carbons (Fsp3) is 0.474. The third kappa shape index (κ3) is 4.01. The van der Waals surface area contributed by atoms with E-state index in [0.717, 1.165) is 30.7 Å². The minimum absolute atomic E-state index is 0.0344. The van der Waals surface area contributed by atoms with E-state index in [1.807, 2.05) is 6.92 Å². The van der Waals surface area contributed by atoms with Gasteiger partial charge >= 0.3 is 0 Å². The van der Waals surface area contributed by atoms with E-state index in [9.17, 15) is 18.4 Å². The van der Waals surface area contributed by atoms with Crippen LogP contribution in [0.3, 0.4) is 0 Å². The van der Waals surface area contributed by atoms with Gasteiger partial charge in [0.15, 0.2) is 0 Å². The molecule has 2 amide bonds. The second-order valence-corrected chi connectivity index (χ2v) is 7.17. The molecule has 1 aromatic rings. The number of fused-ring (bicyclic) bond motifs is 1. The summed E-state index contributed by atoms with van der Waals surface area (Å²) in [5.41, 5.74) is 7.51. The number of benzene rings is 1. The quantitative estimate of drug-likeness (QED) is 0.634. The highest BCUT2D eigenvalue weighted by Crippen LogP contribution is 2.30. The van der Waals surface area contributed by atoms with E-state index in [-0.39, 0.29) is 36.0 Å². The van der Waals surface area contributed by atoms with E-state index in [0.29, 0.717) is 5.57 Å².